The van der Waals surface area contributed by atoms with Gasteiger partial charge in [0.1, 0.15) is 12.1 Å². The number of anilines is 1. The largest absolute Gasteiger partial charge is 0.325 e. The van der Waals surface area contributed by atoms with E-state index in [4.69, 9.17) is 0 Å². The second kappa shape index (κ2) is 6.87. The molecule has 7 nitrogen and oxygen atoms in total. The molecule has 0 bridgehead atoms. The highest BCUT2D eigenvalue weighted by atomic mass is 32.1. The molecular weight excluding hydrogens is 352 g/mol. The van der Waals surface area contributed by atoms with Gasteiger partial charge in [-0.2, -0.15) is 0 Å². The molecule has 2 aromatic rings. The van der Waals surface area contributed by atoms with Gasteiger partial charge in [0.25, 0.3) is 5.91 Å². The normalized spacial score (nSPS) is 19.6. The number of thiazole rings is 1. The predicted molar refractivity (Wildman–Crippen MR) is 98.9 cm³/mol. The van der Waals surface area contributed by atoms with Crippen LogP contribution < -0.4 is 10.6 Å². The maximum absolute atomic E-state index is 13.0. The Morgan fingerprint density at radius 2 is 1.96 bits per heavy atom. The monoisotopic (exact) mass is 372 g/mol. The zero-order valence-corrected chi connectivity index (χ0v) is 15.6. The van der Waals surface area contributed by atoms with Gasteiger partial charge in [0.05, 0.1) is 5.69 Å². The maximum Gasteiger partial charge on any atom is 0.325 e. The van der Waals surface area contributed by atoms with Crippen molar-refractivity contribution in [2.45, 2.75) is 32.7 Å². The van der Waals surface area contributed by atoms with Crippen LogP contribution in [0.2, 0.25) is 0 Å². The number of urea groups is 1. The minimum atomic E-state index is -1.13. The van der Waals surface area contributed by atoms with Gasteiger partial charge in [-0.25, -0.2) is 9.78 Å². The van der Waals surface area contributed by atoms with E-state index in [1.54, 1.807) is 12.1 Å². The fourth-order valence-corrected chi connectivity index (χ4v) is 3.79. The summed E-state index contributed by atoms with van der Waals surface area (Å²) in [6.45, 7) is 5.25. The van der Waals surface area contributed by atoms with Gasteiger partial charge >= 0.3 is 6.03 Å². The van der Waals surface area contributed by atoms with E-state index in [1.165, 1.54) is 11.3 Å². The van der Waals surface area contributed by atoms with Crippen LogP contribution in [0.1, 0.15) is 29.5 Å². The highest BCUT2D eigenvalue weighted by Crippen LogP contribution is 2.32. The first kappa shape index (κ1) is 18.1. The number of amides is 4. The van der Waals surface area contributed by atoms with Crippen LogP contribution in [0.5, 0.6) is 0 Å². The number of carbonyl (C=O) groups excluding carboxylic acids is 3. The number of nitrogens with one attached hydrogen (secondary N) is 2. The second-order valence-corrected chi connectivity index (χ2v) is 7.36. The first-order valence-corrected chi connectivity index (χ1v) is 9.12. The quantitative estimate of drug-likeness (QED) is 0.789. The molecule has 0 saturated carbocycles. The van der Waals surface area contributed by atoms with E-state index >= 15 is 0 Å². The van der Waals surface area contributed by atoms with Crippen LogP contribution in [0.4, 0.5) is 9.93 Å². The molecule has 26 heavy (non-hydrogen) atoms. The molecule has 0 spiro atoms. The summed E-state index contributed by atoms with van der Waals surface area (Å²) in [6, 6.07) is 8.50. The lowest BCUT2D eigenvalue weighted by molar-refractivity contribution is -0.134. The molecule has 2 N–H and O–H groups in total. The summed E-state index contributed by atoms with van der Waals surface area (Å²) in [5, 5.41) is 5.87. The minimum absolute atomic E-state index is 0.350. The van der Waals surface area contributed by atoms with Crippen molar-refractivity contribution in [3.8, 4) is 0 Å². The molecule has 0 unspecified atom stereocenters. The van der Waals surface area contributed by atoms with E-state index in [-0.39, 0.29) is 6.54 Å². The fourth-order valence-electron chi connectivity index (χ4n) is 2.96. The van der Waals surface area contributed by atoms with Gasteiger partial charge in [-0.1, -0.05) is 37.3 Å². The van der Waals surface area contributed by atoms with Crippen molar-refractivity contribution in [1.29, 1.82) is 0 Å². The molecule has 4 amide bonds. The molecule has 1 atom stereocenters. The van der Waals surface area contributed by atoms with Gasteiger partial charge in [-0.3, -0.25) is 14.5 Å². The van der Waals surface area contributed by atoms with Crippen LogP contribution in [0.25, 0.3) is 0 Å². The molecule has 1 aromatic carbocycles. The first-order chi connectivity index (χ1) is 12.4. The standard InChI is InChI=1S/C18H20N4O3S/c1-4-18(13-8-6-5-7-9-13)15(24)22(17(25)21-18)10-14(23)20-16-19-11(2)12(3)26-16/h5-9H,4,10H2,1-3H3,(H,21,25)(H,19,20,23)/t18-/m1/s1. The molecule has 136 valence electrons. The number of rotatable bonds is 5. The van der Waals surface area contributed by atoms with Gasteiger partial charge in [-0.15, -0.1) is 11.3 Å². The molecule has 0 aliphatic carbocycles. The maximum atomic E-state index is 13.0. The molecule has 2 heterocycles. The minimum Gasteiger partial charge on any atom is -0.319 e. The van der Waals surface area contributed by atoms with Gasteiger partial charge in [0, 0.05) is 4.88 Å². The first-order valence-electron chi connectivity index (χ1n) is 8.31. The summed E-state index contributed by atoms with van der Waals surface area (Å²) in [6.07, 6.45) is 0.393. The van der Waals surface area contributed by atoms with Gasteiger partial charge in [-0.05, 0) is 25.8 Å². The third-order valence-corrected chi connectivity index (χ3v) is 5.54. The summed E-state index contributed by atoms with van der Waals surface area (Å²) < 4.78 is 0. The molecule has 1 saturated heterocycles. The van der Waals surface area contributed by atoms with E-state index in [9.17, 15) is 14.4 Å². The second-order valence-electron chi connectivity index (χ2n) is 6.16. The Bertz CT molecular complexity index is 845. The lowest BCUT2D eigenvalue weighted by Gasteiger charge is -2.25. The number of imide groups is 1. The zero-order valence-electron chi connectivity index (χ0n) is 14.8. The van der Waals surface area contributed by atoms with Crippen LogP contribution in [0, 0.1) is 13.8 Å². The van der Waals surface area contributed by atoms with Crippen molar-refractivity contribution in [3.05, 3.63) is 46.5 Å². The SMILES string of the molecule is CC[C@]1(c2ccccc2)NC(=O)N(CC(=O)Nc2nc(C)c(C)s2)C1=O. The van der Waals surface area contributed by atoms with Gasteiger partial charge in [0.15, 0.2) is 5.13 Å². The smallest absolute Gasteiger partial charge is 0.319 e. The molecule has 8 heteroatoms. The number of hydrogen-bond donors (Lipinski definition) is 2. The highest BCUT2D eigenvalue weighted by Gasteiger charge is 2.51. The van der Waals surface area contributed by atoms with Crippen molar-refractivity contribution in [1.82, 2.24) is 15.2 Å². The van der Waals surface area contributed by atoms with Crippen molar-refractivity contribution in [2.24, 2.45) is 0 Å². The number of aryl methyl sites for hydroxylation is 2. The average molecular weight is 372 g/mol. The lowest BCUT2D eigenvalue weighted by atomic mass is 9.87. The summed E-state index contributed by atoms with van der Waals surface area (Å²) in [4.78, 5) is 43.8. The predicted octanol–water partition coefficient (Wildman–Crippen LogP) is 2.56. The summed E-state index contributed by atoms with van der Waals surface area (Å²) >= 11 is 1.36. The van der Waals surface area contributed by atoms with Gasteiger partial charge < -0.3 is 10.6 Å². The Balaban J connectivity index is 1.77. The molecule has 1 aliphatic rings. The van der Waals surface area contributed by atoms with Crippen LogP contribution in [-0.4, -0.2) is 34.3 Å². The molecular formula is C18H20N4O3S. The number of nitrogens with zero attached hydrogens (tertiary/aromatic N) is 2. The zero-order chi connectivity index (χ0) is 18.9. The Morgan fingerprint density at radius 3 is 2.54 bits per heavy atom. The number of aromatic nitrogens is 1. The van der Waals surface area contributed by atoms with E-state index in [0.717, 1.165) is 15.5 Å². The number of benzene rings is 1. The molecule has 1 fully saturated rings. The summed E-state index contributed by atoms with van der Waals surface area (Å²) in [5.41, 5.74) is 0.414. The van der Waals surface area contributed by atoms with Crippen molar-refractivity contribution in [2.75, 3.05) is 11.9 Å². The topological polar surface area (TPSA) is 91.4 Å². The average Bonchev–Trinajstić information content (AvgIpc) is 3.06. The summed E-state index contributed by atoms with van der Waals surface area (Å²) in [5.74, 6) is -0.875. The van der Waals surface area contributed by atoms with Crippen LogP contribution in [-0.2, 0) is 15.1 Å². The number of hydrogen-bond acceptors (Lipinski definition) is 5. The van der Waals surface area contributed by atoms with Crippen LogP contribution in [0.3, 0.4) is 0 Å². The Morgan fingerprint density at radius 1 is 1.27 bits per heavy atom. The van der Waals surface area contributed by atoms with E-state index in [1.807, 2.05) is 39.0 Å². The van der Waals surface area contributed by atoms with Crippen molar-refractivity contribution in [3.63, 3.8) is 0 Å². The number of carbonyl (C=O) groups is 3. The molecule has 0 radical (unpaired) electrons. The fraction of sp³-hybridized carbons (Fsp3) is 0.333. The van der Waals surface area contributed by atoms with E-state index < -0.39 is 23.4 Å². The lowest BCUT2D eigenvalue weighted by Crippen LogP contribution is -2.44. The van der Waals surface area contributed by atoms with E-state index in [2.05, 4.69) is 15.6 Å². The highest BCUT2D eigenvalue weighted by molar-refractivity contribution is 7.15. The molecule has 1 aromatic heterocycles. The third-order valence-electron chi connectivity index (χ3n) is 4.55. The Labute approximate surface area is 155 Å². The third kappa shape index (κ3) is 3.08. The molecule has 1 aliphatic heterocycles. The van der Waals surface area contributed by atoms with Crippen LogP contribution in [0.15, 0.2) is 30.3 Å². The molecule has 3 rings (SSSR count). The van der Waals surface area contributed by atoms with Crippen LogP contribution >= 0.6 is 11.3 Å². The van der Waals surface area contributed by atoms with E-state index in [0.29, 0.717) is 17.1 Å². The van der Waals surface area contributed by atoms with Gasteiger partial charge in [0.2, 0.25) is 5.91 Å². The van der Waals surface area contributed by atoms with Crippen molar-refractivity contribution < 1.29 is 14.4 Å². The summed E-state index contributed by atoms with van der Waals surface area (Å²) in [7, 11) is 0. The van der Waals surface area contributed by atoms with Crippen molar-refractivity contribution >= 4 is 34.3 Å². The Hall–Kier alpha value is -2.74. The Kier molecular flexibility index (Phi) is 4.78.